The number of guanidine groups is 1. The third-order valence-corrected chi connectivity index (χ3v) is 2.62. The molecule has 0 aliphatic rings. The van der Waals surface area contributed by atoms with Crippen LogP contribution in [0.2, 0.25) is 5.02 Å². The lowest BCUT2D eigenvalue weighted by molar-refractivity contribution is 0.0951. The molecular formula is C11H17Cl2N5O2. The van der Waals surface area contributed by atoms with Crippen LogP contribution in [0.25, 0.3) is 0 Å². The molecule has 20 heavy (non-hydrogen) atoms. The van der Waals surface area contributed by atoms with Gasteiger partial charge in [0.05, 0.1) is 23.4 Å². The van der Waals surface area contributed by atoms with Crippen molar-refractivity contribution in [2.45, 2.75) is 0 Å². The van der Waals surface area contributed by atoms with E-state index in [0.717, 1.165) is 0 Å². The van der Waals surface area contributed by atoms with Crippen LogP contribution in [-0.4, -0.2) is 32.1 Å². The predicted molar refractivity (Wildman–Crippen MR) is 81.9 cm³/mol. The second-order valence-corrected chi connectivity index (χ2v) is 4.08. The molecule has 0 aromatic heterocycles. The van der Waals surface area contributed by atoms with Crippen molar-refractivity contribution in [1.82, 2.24) is 10.6 Å². The Hall–Kier alpha value is -1.86. The van der Waals surface area contributed by atoms with E-state index in [-0.39, 0.29) is 29.3 Å². The molecule has 9 heteroatoms. The van der Waals surface area contributed by atoms with Crippen molar-refractivity contribution in [1.29, 1.82) is 5.41 Å². The van der Waals surface area contributed by atoms with Crippen LogP contribution in [0.4, 0.5) is 5.69 Å². The number of ether oxygens (including phenoxy) is 1. The van der Waals surface area contributed by atoms with Gasteiger partial charge in [-0.2, -0.15) is 0 Å². The first-order valence-electron chi connectivity index (χ1n) is 5.44. The molecule has 0 atom stereocenters. The van der Waals surface area contributed by atoms with Crippen molar-refractivity contribution in [3.05, 3.63) is 22.7 Å². The minimum atomic E-state index is -0.343. The minimum absolute atomic E-state index is 0. The molecule has 1 aromatic carbocycles. The number of hydrogen-bond acceptors (Lipinski definition) is 4. The van der Waals surface area contributed by atoms with Crippen molar-refractivity contribution in [2.24, 2.45) is 5.73 Å². The van der Waals surface area contributed by atoms with Crippen molar-refractivity contribution in [2.75, 3.05) is 25.9 Å². The Labute approximate surface area is 127 Å². The number of benzene rings is 1. The summed E-state index contributed by atoms with van der Waals surface area (Å²) in [5.41, 5.74) is 11.4. The molecule has 0 radical (unpaired) electrons. The van der Waals surface area contributed by atoms with Gasteiger partial charge in [0, 0.05) is 19.2 Å². The lowest BCUT2D eigenvalue weighted by Crippen LogP contribution is -2.37. The van der Waals surface area contributed by atoms with Crippen LogP contribution in [0.1, 0.15) is 10.4 Å². The molecular weight excluding hydrogens is 305 g/mol. The lowest BCUT2D eigenvalue weighted by atomic mass is 10.1. The SMILES string of the molecule is COc1cc(N)c(Cl)cc1C(=O)NCCNC(=N)N.Cl. The van der Waals surface area contributed by atoms with Gasteiger partial charge in [-0.3, -0.25) is 10.2 Å². The van der Waals surface area contributed by atoms with E-state index in [4.69, 9.17) is 33.2 Å². The molecule has 0 fully saturated rings. The Bertz CT molecular complexity index is 496. The van der Waals surface area contributed by atoms with Gasteiger partial charge in [-0.25, -0.2) is 0 Å². The van der Waals surface area contributed by atoms with Gasteiger partial charge in [0.2, 0.25) is 0 Å². The summed E-state index contributed by atoms with van der Waals surface area (Å²) in [4.78, 5) is 11.9. The molecule has 0 saturated heterocycles. The Morgan fingerprint density at radius 2 is 2.00 bits per heavy atom. The number of anilines is 1. The number of hydrogen-bond donors (Lipinski definition) is 5. The number of amides is 1. The zero-order valence-electron chi connectivity index (χ0n) is 10.8. The normalized spacial score (nSPS) is 9.30. The smallest absolute Gasteiger partial charge is 0.255 e. The van der Waals surface area contributed by atoms with Gasteiger partial charge >= 0.3 is 0 Å². The fourth-order valence-electron chi connectivity index (χ4n) is 1.38. The molecule has 1 aromatic rings. The van der Waals surface area contributed by atoms with Gasteiger partial charge in [0.15, 0.2) is 5.96 Å². The first kappa shape index (κ1) is 18.1. The number of carbonyl (C=O) groups excluding carboxylic acids is 1. The van der Waals surface area contributed by atoms with Crippen molar-refractivity contribution >= 4 is 41.6 Å². The largest absolute Gasteiger partial charge is 0.496 e. The number of nitrogens with two attached hydrogens (primary N) is 2. The highest BCUT2D eigenvalue weighted by Crippen LogP contribution is 2.28. The van der Waals surface area contributed by atoms with E-state index in [1.54, 1.807) is 0 Å². The first-order valence-corrected chi connectivity index (χ1v) is 5.82. The summed E-state index contributed by atoms with van der Waals surface area (Å²) in [6.07, 6.45) is 0. The third kappa shape index (κ3) is 5.02. The summed E-state index contributed by atoms with van der Waals surface area (Å²) in [6, 6.07) is 2.94. The molecule has 0 spiro atoms. The van der Waals surface area contributed by atoms with Crippen LogP contribution >= 0.6 is 24.0 Å². The maximum atomic E-state index is 11.9. The molecule has 1 rings (SSSR count). The van der Waals surface area contributed by atoms with Gasteiger partial charge in [0.1, 0.15) is 5.75 Å². The van der Waals surface area contributed by atoms with Crippen molar-refractivity contribution in [3.63, 3.8) is 0 Å². The van der Waals surface area contributed by atoms with Crippen molar-refractivity contribution in [3.8, 4) is 5.75 Å². The topological polar surface area (TPSA) is 126 Å². The highest BCUT2D eigenvalue weighted by Gasteiger charge is 2.14. The minimum Gasteiger partial charge on any atom is -0.496 e. The van der Waals surface area contributed by atoms with E-state index in [9.17, 15) is 4.79 Å². The highest BCUT2D eigenvalue weighted by atomic mass is 35.5. The number of nitrogen functional groups attached to an aromatic ring is 1. The molecule has 0 aliphatic heterocycles. The lowest BCUT2D eigenvalue weighted by Gasteiger charge is -2.11. The van der Waals surface area contributed by atoms with Crippen LogP contribution in [0.15, 0.2) is 12.1 Å². The molecule has 112 valence electrons. The van der Waals surface area contributed by atoms with Crippen LogP contribution in [0.3, 0.4) is 0 Å². The van der Waals surface area contributed by atoms with Gasteiger partial charge < -0.3 is 26.8 Å². The summed E-state index contributed by atoms with van der Waals surface area (Å²) < 4.78 is 5.08. The zero-order chi connectivity index (χ0) is 14.4. The summed E-state index contributed by atoms with van der Waals surface area (Å²) in [7, 11) is 1.44. The van der Waals surface area contributed by atoms with Gasteiger partial charge in [-0.1, -0.05) is 11.6 Å². The average molecular weight is 322 g/mol. The van der Waals surface area contributed by atoms with E-state index in [0.29, 0.717) is 30.1 Å². The predicted octanol–water partition coefficient (Wildman–Crippen LogP) is 0.565. The number of methoxy groups -OCH3 is 1. The molecule has 0 heterocycles. The number of nitrogens with one attached hydrogen (secondary N) is 3. The first-order chi connectivity index (χ1) is 8.95. The summed E-state index contributed by atoms with van der Waals surface area (Å²) >= 11 is 5.87. The van der Waals surface area contributed by atoms with Crippen molar-refractivity contribution < 1.29 is 9.53 Å². The molecule has 7 N–H and O–H groups in total. The Kier molecular flexibility index (Phi) is 7.56. The van der Waals surface area contributed by atoms with Crippen LogP contribution in [0, 0.1) is 5.41 Å². The number of rotatable bonds is 5. The van der Waals surface area contributed by atoms with Crippen LogP contribution in [0.5, 0.6) is 5.75 Å². The fraction of sp³-hybridized carbons (Fsp3) is 0.273. The van der Waals surface area contributed by atoms with E-state index in [2.05, 4.69) is 10.6 Å². The van der Waals surface area contributed by atoms with Gasteiger partial charge in [0.25, 0.3) is 5.91 Å². The van der Waals surface area contributed by atoms with E-state index in [1.165, 1.54) is 19.2 Å². The molecule has 0 bridgehead atoms. The Balaban J connectivity index is 0.00000361. The van der Waals surface area contributed by atoms with Gasteiger partial charge in [-0.05, 0) is 6.07 Å². The zero-order valence-corrected chi connectivity index (χ0v) is 12.4. The maximum absolute atomic E-state index is 11.9. The van der Waals surface area contributed by atoms with E-state index in [1.807, 2.05) is 0 Å². The second-order valence-electron chi connectivity index (χ2n) is 3.67. The van der Waals surface area contributed by atoms with Crippen LogP contribution in [-0.2, 0) is 0 Å². The van der Waals surface area contributed by atoms with E-state index >= 15 is 0 Å². The Morgan fingerprint density at radius 1 is 1.40 bits per heavy atom. The Morgan fingerprint density at radius 3 is 2.55 bits per heavy atom. The molecule has 0 saturated carbocycles. The molecule has 7 nitrogen and oxygen atoms in total. The monoisotopic (exact) mass is 321 g/mol. The summed E-state index contributed by atoms with van der Waals surface area (Å²) in [6.45, 7) is 0.662. The highest BCUT2D eigenvalue weighted by molar-refractivity contribution is 6.33. The van der Waals surface area contributed by atoms with Gasteiger partial charge in [-0.15, -0.1) is 12.4 Å². The maximum Gasteiger partial charge on any atom is 0.255 e. The summed E-state index contributed by atoms with van der Waals surface area (Å²) in [5, 5.41) is 12.5. The fourth-order valence-corrected chi connectivity index (χ4v) is 1.55. The quantitative estimate of drug-likeness (QED) is 0.234. The van der Waals surface area contributed by atoms with E-state index < -0.39 is 0 Å². The molecule has 1 amide bonds. The summed E-state index contributed by atoms with van der Waals surface area (Å²) in [5.74, 6) is -0.148. The number of halogens is 2. The third-order valence-electron chi connectivity index (χ3n) is 2.29. The number of carbonyl (C=O) groups is 1. The van der Waals surface area contributed by atoms with Crippen LogP contribution < -0.4 is 26.8 Å². The molecule has 0 aliphatic carbocycles. The standard InChI is InChI=1S/C11H16ClN5O2.ClH/c1-19-9-5-8(13)7(12)4-6(9)10(18)16-2-3-17-11(14)15;/h4-5H,2-3,13H2,1H3,(H,16,18)(H4,14,15,17);1H. The molecule has 0 unspecified atom stereocenters. The average Bonchev–Trinajstić information content (AvgIpc) is 2.36. The second kappa shape index (κ2) is 8.34.